The van der Waals surface area contributed by atoms with Gasteiger partial charge in [-0.2, -0.15) is 0 Å². The summed E-state index contributed by atoms with van der Waals surface area (Å²) in [6.07, 6.45) is 0.960. The van der Waals surface area contributed by atoms with E-state index >= 15 is 0 Å². The molecule has 0 atom stereocenters. The van der Waals surface area contributed by atoms with Crippen molar-refractivity contribution in [3.63, 3.8) is 0 Å². The fraction of sp³-hybridized carbons (Fsp3) is 0.182. The van der Waals surface area contributed by atoms with Crippen molar-refractivity contribution in [1.82, 2.24) is 0 Å². The van der Waals surface area contributed by atoms with Crippen LogP contribution in [0.4, 0.5) is 10.1 Å². The molecule has 0 saturated carbocycles. The Hall–Kier alpha value is -1.85. The average Bonchev–Trinajstić information content (AvgIpc) is 2.67. The van der Waals surface area contributed by atoms with Crippen molar-refractivity contribution in [2.24, 2.45) is 0 Å². The Morgan fingerprint density at radius 3 is 2.37 bits per heavy atom. The van der Waals surface area contributed by atoms with Crippen LogP contribution in [-0.4, -0.2) is 0 Å². The quantitative estimate of drug-likeness (QED) is 0.379. The van der Waals surface area contributed by atoms with Gasteiger partial charge in [0.15, 0.2) is 0 Å². The Bertz CT molecular complexity index is 930. The second-order valence-corrected chi connectivity index (χ2v) is 7.89. The Kier molecular flexibility index (Phi) is 6.91. The second kappa shape index (κ2) is 9.38. The van der Waals surface area contributed by atoms with E-state index in [2.05, 4.69) is 56.2 Å². The van der Waals surface area contributed by atoms with Crippen molar-refractivity contribution in [1.29, 1.82) is 0 Å². The molecule has 3 rings (SSSR count). The zero-order chi connectivity index (χ0) is 19.2. The minimum absolute atomic E-state index is 0.172. The molecule has 0 saturated heterocycles. The molecular formula is C22H20Br2FNO. The second-order valence-electron chi connectivity index (χ2n) is 6.12. The highest BCUT2D eigenvalue weighted by Gasteiger charge is 2.12. The molecule has 0 fully saturated rings. The molecule has 0 aromatic heterocycles. The van der Waals surface area contributed by atoms with Crippen LogP contribution in [-0.2, 0) is 19.6 Å². The van der Waals surface area contributed by atoms with Gasteiger partial charge < -0.3 is 10.1 Å². The van der Waals surface area contributed by atoms with Crippen molar-refractivity contribution in [2.45, 2.75) is 26.5 Å². The number of para-hydroxylation sites is 1. The first kappa shape index (κ1) is 19.9. The zero-order valence-corrected chi connectivity index (χ0v) is 18.1. The van der Waals surface area contributed by atoms with Crippen LogP contribution in [0.1, 0.15) is 23.6 Å². The lowest BCUT2D eigenvalue weighted by Crippen LogP contribution is -2.06. The van der Waals surface area contributed by atoms with Crippen molar-refractivity contribution in [2.75, 3.05) is 5.32 Å². The van der Waals surface area contributed by atoms with E-state index in [0.717, 1.165) is 26.6 Å². The van der Waals surface area contributed by atoms with Gasteiger partial charge in [0.05, 0.1) is 4.47 Å². The standard InChI is InChI=1S/C22H20Br2FNO/c1-2-15-7-4-6-10-21(15)26-13-17-11-18(23)12-19(24)22(17)27-14-16-8-3-5-9-20(16)25/h3-12,26H,2,13-14H2,1H3. The van der Waals surface area contributed by atoms with E-state index in [9.17, 15) is 4.39 Å². The van der Waals surface area contributed by atoms with Gasteiger partial charge in [0.25, 0.3) is 0 Å². The summed E-state index contributed by atoms with van der Waals surface area (Å²) in [6.45, 7) is 2.91. The smallest absolute Gasteiger partial charge is 0.139 e. The van der Waals surface area contributed by atoms with Crippen LogP contribution in [0.2, 0.25) is 0 Å². The third-order valence-corrected chi connectivity index (χ3v) is 5.33. The van der Waals surface area contributed by atoms with Crippen molar-refractivity contribution < 1.29 is 9.13 Å². The lowest BCUT2D eigenvalue weighted by atomic mass is 10.1. The molecule has 0 heterocycles. The van der Waals surface area contributed by atoms with Crippen LogP contribution < -0.4 is 10.1 Å². The monoisotopic (exact) mass is 491 g/mol. The third-order valence-electron chi connectivity index (χ3n) is 4.28. The van der Waals surface area contributed by atoms with Crippen LogP contribution in [0.5, 0.6) is 5.75 Å². The van der Waals surface area contributed by atoms with Gasteiger partial charge in [-0.1, -0.05) is 59.3 Å². The predicted octanol–water partition coefficient (Wildman–Crippen LogP) is 7.10. The first-order valence-electron chi connectivity index (χ1n) is 8.74. The van der Waals surface area contributed by atoms with Crippen molar-refractivity contribution >= 4 is 37.5 Å². The number of rotatable bonds is 7. The number of benzene rings is 3. The Labute approximate surface area is 176 Å². The summed E-state index contributed by atoms with van der Waals surface area (Å²) in [5.74, 6) is 0.449. The highest BCUT2D eigenvalue weighted by molar-refractivity contribution is 9.11. The van der Waals surface area contributed by atoms with Gasteiger partial charge in [0.2, 0.25) is 0 Å². The molecule has 27 heavy (non-hydrogen) atoms. The fourth-order valence-corrected chi connectivity index (χ4v) is 4.29. The first-order chi connectivity index (χ1) is 13.1. The lowest BCUT2D eigenvalue weighted by molar-refractivity contribution is 0.295. The summed E-state index contributed by atoms with van der Waals surface area (Å²) in [5.41, 5.74) is 3.89. The number of nitrogens with one attached hydrogen (secondary N) is 1. The van der Waals surface area contributed by atoms with Crippen molar-refractivity contribution in [3.05, 3.63) is 92.1 Å². The lowest BCUT2D eigenvalue weighted by Gasteiger charge is -2.17. The van der Waals surface area contributed by atoms with Gasteiger partial charge >= 0.3 is 0 Å². The Morgan fingerprint density at radius 1 is 0.926 bits per heavy atom. The van der Waals surface area contributed by atoms with Crippen LogP contribution in [0.15, 0.2) is 69.6 Å². The molecule has 0 amide bonds. The molecule has 0 unspecified atom stereocenters. The van der Waals surface area contributed by atoms with Gasteiger partial charge in [0, 0.05) is 27.8 Å². The molecule has 0 aliphatic carbocycles. The number of hydrogen-bond donors (Lipinski definition) is 1. The summed E-state index contributed by atoms with van der Waals surface area (Å²) < 4.78 is 21.7. The van der Waals surface area contributed by atoms with E-state index in [4.69, 9.17) is 4.74 Å². The largest absolute Gasteiger partial charge is 0.487 e. The molecule has 2 nitrogen and oxygen atoms in total. The molecule has 5 heteroatoms. The third kappa shape index (κ3) is 5.11. The number of ether oxygens (including phenoxy) is 1. The maximum atomic E-state index is 13.9. The summed E-state index contributed by atoms with van der Waals surface area (Å²) >= 11 is 7.10. The molecule has 0 aliphatic rings. The van der Waals surface area contributed by atoms with Crippen LogP contribution in [0, 0.1) is 5.82 Å². The molecule has 0 spiro atoms. The number of hydrogen-bond acceptors (Lipinski definition) is 2. The molecule has 140 valence electrons. The maximum absolute atomic E-state index is 13.9. The van der Waals surface area contributed by atoms with Gasteiger partial charge in [-0.05, 0) is 52.2 Å². The van der Waals surface area contributed by atoms with Gasteiger partial charge in [-0.3, -0.25) is 0 Å². The van der Waals surface area contributed by atoms with E-state index < -0.39 is 0 Å². The molecular weight excluding hydrogens is 473 g/mol. The van der Waals surface area contributed by atoms with E-state index in [1.165, 1.54) is 11.6 Å². The molecule has 3 aromatic rings. The van der Waals surface area contributed by atoms with Crippen LogP contribution >= 0.6 is 31.9 Å². The van der Waals surface area contributed by atoms with E-state index in [1.807, 2.05) is 30.3 Å². The number of halogens is 3. The minimum Gasteiger partial charge on any atom is -0.487 e. The van der Waals surface area contributed by atoms with Gasteiger partial charge in [-0.25, -0.2) is 4.39 Å². The summed E-state index contributed by atoms with van der Waals surface area (Å²) in [6, 6.07) is 18.9. The summed E-state index contributed by atoms with van der Waals surface area (Å²) in [7, 11) is 0. The van der Waals surface area contributed by atoms with E-state index in [-0.39, 0.29) is 12.4 Å². The number of aryl methyl sites for hydroxylation is 1. The predicted molar refractivity (Wildman–Crippen MR) is 116 cm³/mol. The molecule has 1 N–H and O–H groups in total. The summed E-state index contributed by atoms with van der Waals surface area (Å²) in [5, 5.41) is 3.49. The normalized spacial score (nSPS) is 10.7. The highest BCUT2D eigenvalue weighted by atomic mass is 79.9. The SMILES string of the molecule is CCc1ccccc1NCc1cc(Br)cc(Br)c1OCc1ccccc1F. The Morgan fingerprint density at radius 2 is 1.63 bits per heavy atom. The minimum atomic E-state index is -0.262. The fourth-order valence-electron chi connectivity index (χ4n) is 2.86. The molecule has 3 aromatic carbocycles. The van der Waals surface area contributed by atoms with Crippen molar-refractivity contribution in [3.8, 4) is 5.75 Å². The zero-order valence-electron chi connectivity index (χ0n) is 14.9. The Balaban J connectivity index is 1.81. The highest BCUT2D eigenvalue weighted by Crippen LogP contribution is 2.34. The molecule has 0 bridgehead atoms. The van der Waals surface area contributed by atoms with Gasteiger partial charge in [0.1, 0.15) is 18.2 Å². The molecule has 0 aliphatic heterocycles. The topological polar surface area (TPSA) is 21.3 Å². The average molecular weight is 493 g/mol. The van der Waals surface area contributed by atoms with Gasteiger partial charge in [-0.15, -0.1) is 0 Å². The number of anilines is 1. The molecule has 0 radical (unpaired) electrons. The first-order valence-corrected chi connectivity index (χ1v) is 10.3. The van der Waals surface area contributed by atoms with E-state index in [1.54, 1.807) is 12.1 Å². The van der Waals surface area contributed by atoms with Crippen LogP contribution in [0.25, 0.3) is 0 Å². The van der Waals surface area contributed by atoms with Crippen LogP contribution in [0.3, 0.4) is 0 Å². The summed E-state index contributed by atoms with van der Waals surface area (Å²) in [4.78, 5) is 0. The maximum Gasteiger partial charge on any atom is 0.139 e. The van der Waals surface area contributed by atoms with E-state index in [0.29, 0.717) is 17.9 Å².